The highest BCUT2D eigenvalue weighted by atomic mass is 14.2. The first-order valence-electron chi connectivity index (χ1n) is 20.4. The van der Waals surface area contributed by atoms with E-state index in [1.165, 1.54) is 110 Å². The number of benzene rings is 10. The van der Waals surface area contributed by atoms with Crippen molar-refractivity contribution in [3.63, 3.8) is 0 Å². The van der Waals surface area contributed by atoms with Gasteiger partial charge in [0.05, 0.1) is 0 Å². The second kappa shape index (κ2) is 14.3. The number of hydrogen-bond donors (Lipinski definition) is 0. The van der Waals surface area contributed by atoms with E-state index in [1.807, 2.05) is 0 Å². The van der Waals surface area contributed by atoms with Crippen LogP contribution in [0.1, 0.15) is 18.4 Å². The molecule has 10 aromatic carbocycles. The Bertz CT molecular complexity index is 3190. The third-order valence-corrected chi connectivity index (χ3v) is 12.1. The molecule has 0 fully saturated rings. The van der Waals surface area contributed by atoms with Gasteiger partial charge in [-0.3, -0.25) is 0 Å². The van der Waals surface area contributed by atoms with Gasteiger partial charge in [-0.05, 0) is 141 Å². The molecule has 0 atom stereocenters. The van der Waals surface area contributed by atoms with Crippen LogP contribution in [0.4, 0.5) is 0 Å². The number of rotatable bonds is 6. The van der Waals surface area contributed by atoms with Crippen molar-refractivity contribution < 1.29 is 0 Å². The normalized spacial score (nSPS) is 12.7. The fourth-order valence-corrected chi connectivity index (χ4v) is 9.27. The van der Waals surface area contributed by atoms with Crippen LogP contribution in [0.25, 0.3) is 104 Å². The Hall–Kier alpha value is -7.28. The molecular weight excluding hydrogens is 697 g/mol. The molecular formula is C58H40. The molecule has 0 heterocycles. The van der Waals surface area contributed by atoms with E-state index >= 15 is 0 Å². The predicted octanol–water partition coefficient (Wildman–Crippen LogP) is 16.4. The van der Waals surface area contributed by atoms with E-state index in [9.17, 15) is 0 Å². The zero-order valence-electron chi connectivity index (χ0n) is 32.2. The van der Waals surface area contributed by atoms with Gasteiger partial charge in [0.2, 0.25) is 0 Å². The van der Waals surface area contributed by atoms with Crippen LogP contribution < -0.4 is 0 Å². The van der Waals surface area contributed by atoms with Gasteiger partial charge in [0.25, 0.3) is 0 Å². The van der Waals surface area contributed by atoms with E-state index in [0.29, 0.717) is 0 Å². The van der Waals surface area contributed by atoms with Gasteiger partial charge in [0.15, 0.2) is 0 Å². The van der Waals surface area contributed by atoms with Gasteiger partial charge < -0.3 is 0 Å². The molecule has 0 unspecified atom stereocenters. The lowest BCUT2D eigenvalue weighted by molar-refractivity contribution is 1.04. The van der Waals surface area contributed by atoms with Crippen molar-refractivity contribution in [2.75, 3.05) is 0 Å². The van der Waals surface area contributed by atoms with Crippen molar-refractivity contribution in [2.45, 2.75) is 12.8 Å². The summed E-state index contributed by atoms with van der Waals surface area (Å²) in [6, 6.07) is 74.2. The van der Waals surface area contributed by atoms with Crippen LogP contribution in [0, 0.1) is 0 Å². The Morgan fingerprint density at radius 2 is 0.828 bits per heavy atom. The van der Waals surface area contributed by atoms with Crippen LogP contribution in [-0.2, 0) is 0 Å². The molecule has 0 N–H and O–H groups in total. The lowest BCUT2D eigenvalue weighted by atomic mass is 9.84. The van der Waals surface area contributed by atoms with E-state index in [1.54, 1.807) is 0 Å². The molecule has 11 rings (SSSR count). The Morgan fingerprint density at radius 1 is 0.276 bits per heavy atom. The summed E-state index contributed by atoms with van der Waals surface area (Å²) in [7, 11) is 0. The van der Waals surface area contributed by atoms with Crippen LogP contribution >= 0.6 is 0 Å². The summed E-state index contributed by atoms with van der Waals surface area (Å²) >= 11 is 0. The fourth-order valence-electron chi connectivity index (χ4n) is 9.27. The molecule has 272 valence electrons. The maximum atomic E-state index is 2.45. The second-order valence-corrected chi connectivity index (χ2v) is 15.5. The average Bonchev–Trinajstić information content (AvgIpc) is 3.30. The fraction of sp³-hybridized carbons (Fsp3) is 0.0345. The lowest BCUT2D eigenvalue weighted by Gasteiger charge is -2.19. The van der Waals surface area contributed by atoms with E-state index in [4.69, 9.17) is 0 Å². The van der Waals surface area contributed by atoms with Gasteiger partial charge in [-0.25, -0.2) is 0 Å². The maximum absolute atomic E-state index is 2.45. The third kappa shape index (κ3) is 5.94. The Kier molecular flexibility index (Phi) is 8.41. The minimum Gasteiger partial charge on any atom is -0.0836 e. The molecule has 0 bridgehead atoms. The van der Waals surface area contributed by atoms with Crippen molar-refractivity contribution in [1.29, 1.82) is 0 Å². The highest BCUT2D eigenvalue weighted by Crippen LogP contribution is 2.46. The van der Waals surface area contributed by atoms with Gasteiger partial charge in [0, 0.05) is 0 Å². The van der Waals surface area contributed by atoms with Gasteiger partial charge in [0.1, 0.15) is 0 Å². The molecule has 1 aliphatic rings. The Morgan fingerprint density at radius 3 is 1.55 bits per heavy atom. The van der Waals surface area contributed by atoms with E-state index in [2.05, 4.69) is 218 Å². The highest BCUT2D eigenvalue weighted by Gasteiger charge is 2.19. The SMILES string of the molecule is C1=CC(c2cccc(-c3ccc(-c4c(-c5ccc6ccccc6c5)ccc5ccc(-c6c7ccccc7c(-c7ccccc7)c7ccccc67)cc45)cc3)c2)=CCC1. The van der Waals surface area contributed by atoms with Gasteiger partial charge in [-0.2, -0.15) is 0 Å². The monoisotopic (exact) mass is 736 g/mol. The summed E-state index contributed by atoms with van der Waals surface area (Å²) in [5.41, 5.74) is 15.0. The Labute approximate surface area is 339 Å². The molecule has 0 heteroatoms. The minimum absolute atomic E-state index is 1.10. The predicted molar refractivity (Wildman–Crippen MR) is 250 cm³/mol. The van der Waals surface area contributed by atoms with Crippen molar-refractivity contribution >= 4 is 48.7 Å². The summed E-state index contributed by atoms with van der Waals surface area (Å²) in [6.45, 7) is 0. The Balaban J connectivity index is 1.13. The first-order chi connectivity index (χ1) is 28.8. The first kappa shape index (κ1) is 34.0. The zero-order valence-corrected chi connectivity index (χ0v) is 32.2. The quantitative estimate of drug-likeness (QED) is 0.149. The maximum Gasteiger partial charge on any atom is -0.00261 e. The topological polar surface area (TPSA) is 0 Å². The second-order valence-electron chi connectivity index (χ2n) is 15.5. The van der Waals surface area contributed by atoms with Crippen LogP contribution in [0.3, 0.4) is 0 Å². The molecule has 0 saturated carbocycles. The first-order valence-corrected chi connectivity index (χ1v) is 20.4. The lowest BCUT2D eigenvalue weighted by Crippen LogP contribution is -1.92. The summed E-state index contributed by atoms with van der Waals surface area (Å²) in [5, 5.41) is 10.0. The standard InChI is InChI=1S/C58H40/c1-3-14-39(15-4-1)46-20-13-21-47(36-46)41-26-30-44(31-27-41)56-50(48-32-28-40-16-7-8-19-45(40)37-48)35-34-42-29-33-49(38-55(42)56)58-53-24-11-9-22-51(53)57(43-17-5-2-6-18-43)52-23-10-12-25-54(52)58/h2-3,5-38H,1,4H2. The number of fused-ring (bicyclic) bond motifs is 4. The zero-order chi connectivity index (χ0) is 38.4. The smallest absolute Gasteiger partial charge is 0.00261 e. The molecule has 0 radical (unpaired) electrons. The summed E-state index contributed by atoms with van der Waals surface area (Å²) < 4.78 is 0. The van der Waals surface area contributed by atoms with E-state index < -0.39 is 0 Å². The third-order valence-electron chi connectivity index (χ3n) is 12.1. The van der Waals surface area contributed by atoms with E-state index in [0.717, 1.165) is 12.8 Å². The molecule has 58 heavy (non-hydrogen) atoms. The van der Waals surface area contributed by atoms with Crippen LogP contribution in [0.15, 0.2) is 218 Å². The molecule has 0 aromatic heterocycles. The van der Waals surface area contributed by atoms with Gasteiger partial charge in [-0.1, -0.05) is 200 Å². The molecule has 1 aliphatic carbocycles. The van der Waals surface area contributed by atoms with E-state index in [-0.39, 0.29) is 0 Å². The summed E-state index contributed by atoms with van der Waals surface area (Å²) in [6.07, 6.45) is 9.12. The number of allylic oxidation sites excluding steroid dienone is 4. The largest absolute Gasteiger partial charge is 0.0836 e. The molecule has 0 saturated heterocycles. The average molecular weight is 737 g/mol. The van der Waals surface area contributed by atoms with Crippen LogP contribution in [0.5, 0.6) is 0 Å². The van der Waals surface area contributed by atoms with Gasteiger partial charge in [-0.15, -0.1) is 0 Å². The number of hydrogen-bond acceptors (Lipinski definition) is 0. The molecule has 0 amide bonds. The minimum atomic E-state index is 1.10. The molecule has 0 spiro atoms. The summed E-state index contributed by atoms with van der Waals surface area (Å²) in [4.78, 5) is 0. The highest BCUT2D eigenvalue weighted by molar-refractivity contribution is 6.22. The summed E-state index contributed by atoms with van der Waals surface area (Å²) in [5.74, 6) is 0. The van der Waals surface area contributed by atoms with Crippen LogP contribution in [0.2, 0.25) is 0 Å². The van der Waals surface area contributed by atoms with Crippen molar-refractivity contribution in [3.8, 4) is 55.6 Å². The van der Waals surface area contributed by atoms with Crippen molar-refractivity contribution in [1.82, 2.24) is 0 Å². The molecule has 0 aliphatic heterocycles. The van der Waals surface area contributed by atoms with Crippen LogP contribution in [-0.4, -0.2) is 0 Å². The van der Waals surface area contributed by atoms with Gasteiger partial charge >= 0.3 is 0 Å². The molecule has 0 nitrogen and oxygen atoms in total. The van der Waals surface area contributed by atoms with Crippen molar-refractivity contribution in [3.05, 3.63) is 224 Å². The van der Waals surface area contributed by atoms with Crippen molar-refractivity contribution in [2.24, 2.45) is 0 Å². The molecule has 10 aromatic rings.